The third-order valence-electron chi connectivity index (χ3n) is 3.92. The van der Waals surface area contributed by atoms with E-state index < -0.39 is 0 Å². The normalized spacial score (nSPS) is 19.0. The fraction of sp³-hybridized carbons (Fsp3) is 0.389. The lowest BCUT2D eigenvalue weighted by molar-refractivity contribution is 0.0668. The highest BCUT2D eigenvalue weighted by Crippen LogP contribution is 2.17. The summed E-state index contributed by atoms with van der Waals surface area (Å²) in [4.78, 5) is 6.54. The highest BCUT2D eigenvalue weighted by atomic mass is 16.5. The summed E-state index contributed by atoms with van der Waals surface area (Å²) in [6, 6.07) is 14.0. The number of hydrogen-bond donors (Lipinski definition) is 1. The van der Waals surface area contributed by atoms with Gasteiger partial charge in [-0.15, -0.1) is 0 Å². The second-order valence-electron chi connectivity index (χ2n) is 5.78. The van der Waals surface area contributed by atoms with Gasteiger partial charge in [0.15, 0.2) is 0 Å². The summed E-state index contributed by atoms with van der Waals surface area (Å²) in [5.41, 5.74) is 2.17. The molecule has 0 amide bonds. The van der Waals surface area contributed by atoms with Gasteiger partial charge in [0, 0.05) is 19.3 Å². The first-order chi connectivity index (χ1) is 10.8. The zero-order chi connectivity index (χ0) is 15.2. The second kappa shape index (κ2) is 7.38. The molecule has 1 unspecified atom stereocenters. The summed E-state index contributed by atoms with van der Waals surface area (Å²) in [5.74, 6) is 0.855. The van der Waals surface area contributed by atoms with Gasteiger partial charge >= 0.3 is 0 Å². The van der Waals surface area contributed by atoms with Crippen LogP contribution in [-0.4, -0.2) is 34.2 Å². The van der Waals surface area contributed by atoms with E-state index in [2.05, 4.69) is 22.0 Å². The summed E-state index contributed by atoms with van der Waals surface area (Å²) in [6.45, 7) is 3.21. The molecule has 0 radical (unpaired) electrons. The van der Waals surface area contributed by atoms with E-state index in [1.165, 1.54) is 5.56 Å². The van der Waals surface area contributed by atoms with Crippen LogP contribution >= 0.6 is 0 Å². The van der Waals surface area contributed by atoms with Crippen molar-refractivity contribution in [2.24, 2.45) is 0 Å². The van der Waals surface area contributed by atoms with Crippen LogP contribution in [-0.2, 0) is 13.2 Å². The Morgan fingerprint density at radius 2 is 2.05 bits per heavy atom. The molecule has 1 aliphatic rings. The third-order valence-corrected chi connectivity index (χ3v) is 3.92. The number of hydrogen-bond acceptors (Lipinski definition) is 4. The van der Waals surface area contributed by atoms with Crippen molar-refractivity contribution < 1.29 is 9.84 Å². The molecule has 1 atom stereocenters. The smallest absolute Gasteiger partial charge is 0.130 e. The van der Waals surface area contributed by atoms with E-state index in [1.807, 2.05) is 30.3 Å². The molecule has 22 heavy (non-hydrogen) atoms. The molecule has 0 saturated carbocycles. The third kappa shape index (κ3) is 4.29. The van der Waals surface area contributed by atoms with Crippen molar-refractivity contribution in [2.45, 2.75) is 32.1 Å². The Hall–Kier alpha value is -1.91. The second-order valence-corrected chi connectivity index (χ2v) is 5.78. The van der Waals surface area contributed by atoms with Gasteiger partial charge in [0.1, 0.15) is 12.4 Å². The predicted octanol–water partition coefficient (Wildman–Crippen LogP) is 2.62. The standard InChI is InChI=1S/C18H22N2O2/c21-17-5-3-11-20(13-17)12-15-6-8-18(9-7-15)22-14-16-4-1-2-10-19-16/h1-2,4,6-10,17,21H,3,5,11-14H2. The molecule has 1 fully saturated rings. The maximum Gasteiger partial charge on any atom is 0.130 e. The minimum absolute atomic E-state index is 0.172. The number of ether oxygens (including phenoxy) is 1. The van der Waals surface area contributed by atoms with Crippen LogP contribution in [0.2, 0.25) is 0 Å². The first-order valence-corrected chi connectivity index (χ1v) is 7.82. The molecule has 1 aromatic heterocycles. The van der Waals surface area contributed by atoms with Crippen molar-refractivity contribution in [3.8, 4) is 5.75 Å². The van der Waals surface area contributed by atoms with Crippen LogP contribution in [0.4, 0.5) is 0 Å². The Kier molecular flexibility index (Phi) is 5.03. The molecule has 1 aliphatic heterocycles. The molecule has 1 N–H and O–H groups in total. The Bertz CT molecular complexity index is 571. The molecule has 0 bridgehead atoms. The SMILES string of the molecule is OC1CCCN(Cc2ccc(OCc3ccccn3)cc2)C1. The molecule has 2 heterocycles. The maximum atomic E-state index is 9.71. The van der Waals surface area contributed by atoms with Crippen LogP contribution in [0.1, 0.15) is 24.1 Å². The minimum Gasteiger partial charge on any atom is -0.487 e. The molecule has 0 aliphatic carbocycles. The van der Waals surface area contributed by atoms with Crippen LogP contribution in [0, 0.1) is 0 Å². The summed E-state index contributed by atoms with van der Waals surface area (Å²) in [7, 11) is 0. The number of benzene rings is 1. The van der Waals surface area contributed by atoms with Crippen molar-refractivity contribution >= 4 is 0 Å². The zero-order valence-corrected chi connectivity index (χ0v) is 12.7. The number of pyridine rings is 1. The van der Waals surface area contributed by atoms with Gasteiger partial charge in [0.2, 0.25) is 0 Å². The highest BCUT2D eigenvalue weighted by Gasteiger charge is 2.17. The average molecular weight is 298 g/mol. The maximum absolute atomic E-state index is 9.71. The van der Waals surface area contributed by atoms with E-state index in [-0.39, 0.29) is 6.10 Å². The van der Waals surface area contributed by atoms with Crippen molar-refractivity contribution in [3.63, 3.8) is 0 Å². The van der Waals surface area contributed by atoms with E-state index in [4.69, 9.17) is 4.74 Å². The summed E-state index contributed by atoms with van der Waals surface area (Å²) in [5, 5.41) is 9.71. The van der Waals surface area contributed by atoms with Crippen LogP contribution in [0.25, 0.3) is 0 Å². The van der Waals surface area contributed by atoms with Gasteiger partial charge in [0.25, 0.3) is 0 Å². The highest BCUT2D eigenvalue weighted by molar-refractivity contribution is 5.27. The van der Waals surface area contributed by atoms with Crippen molar-refractivity contribution in [1.82, 2.24) is 9.88 Å². The van der Waals surface area contributed by atoms with E-state index >= 15 is 0 Å². The summed E-state index contributed by atoms with van der Waals surface area (Å²) in [6.07, 6.45) is 3.60. The minimum atomic E-state index is -0.172. The molecule has 0 spiro atoms. The number of likely N-dealkylation sites (tertiary alicyclic amines) is 1. The number of aliphatic hydroxyl groups is 1. The number of nitrogens with zero attached hydrogens (tertiary/aromatic N) is 2. The Labute approximate surface area is 131 Å². The number of rotatable bonds is 5. The molecular formula is C18H22N2O2. The lowest BCUT2D eigenvalue weighted by Gasteiger charge is -2.29. The average Bonchev–Trinajstić information content (AvgIpc) is 2.55. The topological polar surface area (TPSA) is 45.6 Å². The summed E-state index contributed by atoms with van der Waals surface area (Å²) < 4.78 is 5.74. The van der Waals surface area contributed by atoms with Crippen LogP contribution in [0.5, 0.6) is 5.75 Å². The van der Waals surface area contributed by atoms with Gasteiger partial charge in [0.05, 0.1) is 11.8 Å². The molecule has 4 heteroatoms. The first kappa shape index (κ1) is 15.0. The monoisotopic (exact) mass is 298 g/mol. The largest absolute Gasteiger partial charge is 0.487 e. The van der Waals surface area contributed by atoms with E-state index in [0.717, 1.165) is 43.9 Å². The van der Waals surface area contributed by atoms with Gasteiger partial charge < -0.3 is 9.84 Å². The van der Waals surface area contributed by atoms with Crippen molar-refractivity contribution in [2.75, 3.05) is 13.1 Å². The number of aromatic nitrogens is 1. The predicted molar refractivity (Wildman–Crippen MR) is 85.5 cm³/mol. The lowest BCUT2D eigenvalue weighted by atomic mass is 10.1. The van der Waals surface area contributed by atoms with Gasteiger partial charge in [-0.1, -0.05) is 18.2 Å². The molecule has 1 aromatic carbocycles. The fourth-order valence-corrected chi connectivity index (χ4v) is 2.76. The van der Waals surface area contributed by atoms with Gasteiger partial charge in [-0.05, 0) is 49.2 Å². The molecule has 1 saturated heterocycles. The molecule has 4 nitrogen and oxygen atoms in total. The molecule has 3 rings (SSSR count). The van der Waals surface area contributed by atoms with Gasteiger partial charge in [-0.25, -0.2) is 0 Å². The Morgan fingerprint density at radius 1 is 1.18 bits per heavy atom. The zero-order valence-electron chi connectivity index (χ0n) is 12.7. The number of piperidine rings is 1. The van der Waals surface area contributed by atoms with E-state index in [0.29, 0.717) is 6.61 Å². The lowest BCUT2D eigenvalue weighted by Crippen LogP contribution is -2.37. The first-order valence-electron chi connectivity index (χ1n) is 7.82. The van der Waals surface area contributed by atoms with Crippen LogP contribution < -0.4 is 4.74 Å². The molecular weight excluding hydrogens is 276 g/mol. The van der Waals surface area contributed by atoms with Crippen molar-refractivity contribution in [1.29, 1.82) is 0 Å². The van der Waals surface area contributed by atoms with E-state index in [9.17, 15) is 5.11 Å². The fourth-order valence-electron chi connectivity index (χ4n) is 2.76. The molecule has 116 valence electrons. The number of aliphatic hydroxyl groups excluding tert-OH is 1. The van der Waals surface area contributed by atoms with Crippen LogP contribution in [0.3, 0.4) is 0 Å². The Balaban J connectivity index is 1.51. The molecule has 2 aromatic rings. The van der Waals surface area contributed by atoms with Crippen molar-refractivity contribution in [3.05, 3.63) is 59.9 Å². The quantitative estimate of drug-likeness (QED) is 0.921. The van der Waals surface area contributed by atoms with E-state index in [1.54, 1.807) is 6.20 Å². The Morgan fingerprint density at radius 3 is 2.77 bits per heavy atom. The number of β-amino-alcohol motifs (C(OH)–C–C–N with tert-alkyl or cyclic N) is 1. The summed E-state index contributed by atoms with van der Waals surface area (Å²) >= 11 is 0. The van der Waals surface area contributed by atoms with Crippen LogP contribution in [0.15, 0.2) is 48.7 Å². The van der Waals surface area contributed by atoms with Gasteiger partial charge in [-0.3, -0.25) is 9.88 Å². The van der Waals surface area contributed by atoms with Gasteiger partial charge in [-0.2, -0.15) is 0 Å².